The summed E-state index contributed by atoms with van der Waals surface area (Å²) < 4.78 is 0. The first kappa shape index (κ1) is 17.7. The average Bonchev–Trinajstić information content (AvgIpc) is 3.00. The quantitative estimate of drug-likeness (QED) is 0.688. The number of hydrogen-bond donors (Lipinski definition) is 2. The van der Waals surface area contributed by atoms with Gasteiger partial charge in [-0.05, 0) is 49.4 Å². The first-order valence-corrected chi connectivity index (χ1v) is 8.83. The van der Waals surface area contributed by atoms with E-state index in [4.69, 9.17) is 0 Å². The Morgan fingerprint density at radius 3 is 2.32 bits per heavy atom. The first-order valence-electron chi connectivity index (χ1n) is 8.83. The Morgan fingerprint density at radius 2 is 1.64 bits per heavy atom. The number of amides is 3. The molecule has 0 saturated carbocycles. The molecule has 2 heterocycles. The maximum absolute atomic E-state index is 12.5. The number of pyridine rings is 1. The molecule has 0 radical (unpaired) electrons. The van der Waals surface area contributed by atoms with Crippen LogP contribution in [0.1, 0.15) is 28.9 Å². The van der Waals surface area contributed by atoms with Crippen LogP contribution in [0.4, 0.5) is 11.4 Å². The summed E-state index contributed by atoms with van der Waals surface area (Å²) >= 11 is 0. The molecule has 2 N–H and O–H groups in total. The number of H-pyrrole nitrogens is 1. The number of nitrogens with zero attached hydrogens (tertiary/aromatic N) is 1. The number of fused-ring (bicyclic) bond motifs is 1. The number of aryl methyl sites for hydroxylation is 1. The highest BCUT2D eigenvalue weighted by atomic mass is 16.2. The molecule has 7 nitrogen and oxygen atoms in total. The van der Waals surface area contributed by atoms with Gasteiger partial charge in [0.25, 0.3) is 5.91 Å². The summed E-state index contributed by atoms with van der Waals surface area (Å²) in [7, 11) is 0. The number of carbonyl (C=O) groups excluding carboxylic acids is 3. The van der Waals surface area contributed by atoms with Crippen LogP contribution in [-0.4, -0.2) is 22.7 Å². The van der Waals surface area contributed by atoms with Gasteiger partial charge in [0.1, 0.15) is 0 Å². The van der Waals surface area contributed by atoms with Gasteiger partial charge in [-0.1, -0.05) is 0 Å². The summed E-state index contributed by atoms with van der Waals surface area (Å²) in [5.41, 5.74) is 2.68. The number of benzene rings is 2. The first-order chi connectivity index (χ1) is 13.4. The Hall–Kier alpha value is -3.74. The smallest absolute Gasteiger partial charge is 0.255 e. The molecule has 3 amide bonds. The molecule has 1 aliphatic heterocycles. The summed E-state index contributed by atoms with van der Waals surface area (Å²) in [6, 6.07) is 12.9. The van der Waals surface area contributed by atoms with Crippen LogP contribution in [0.3, 0.4) is 0 Å². The van der Waals surface area contributed by atoms with Crippen molar-refractivity contribution in [3.8, 4) is 0 Å². The van der Waals surface area contributed by atoms with E-state index >= 15 is 0 Å². The summed E-state index contributed by atoms with van der Waals surface area (Å²) in [6.07, 6.45) is 0.420. The van der Waals surface area contributed by atoms with Crippen molar-refractivity contribution < 1.29 is 14.4 Å². The molecule has 0 aliphatic carbocycles. The molecular formula is C21H17N3O4. The molecule has 0 spiro atoms. The monoisotopic (exact) mass is 375 g/mol. The molecular weight excluding hydrogens is 358 g/mol. The second kappa shape index (κ2) is 6.77. The van der Waals surface area contributed by atoms with E-state index in [0.29, 0.717) is 27.8 Å². The van der Waals surface area contributed by atoms with Crippen molar-refractivity contribution >= 4 is 40.0 Å². The lowest BCUT2D eigenvalue weighted by Crippen LogP contribution is -2.28. The van der Waals surface area contributed by atoms with E-state index in [2.05, 4.69) is 10.3 Å². The number of rotatable bonds is 3. The fourth-order valence-corrected chi connectivity index (χ4v) is 3.29. The summed E-state index contributed by atoms with van der Waals surface area (Å²) in [5.74, 6) is -0.828. The lowest BCUT2D eigenvalue weighted by molar-refractivity contribution is -0.121. The van der Waals surface area contributed by atoms with Crippen LogP contribution in [0.2, 0.25) is 0 Å². The van der Waals surface area contributed by atoms with Gasteiger partial charge in [0, 0.05) is 46.8 Å². The molecule has 140 valence electrons. The third-order valence-electron chi connectivity index (χ3n) is 4.66. The highest BCUT2D eigenvalue weighted by molar-refractivity contribution is 6.20. The van der Waals surface area contributed by atoms with Gasteiger partial charge in [-0.3, -0.25) is 24.1 Å². The zero-order valence-electron chi connectivity index (χ0n) is 15.1. The molecule has 1 fully saturated rings. The van der Waals surface area contributed by atoms with Gasteiger partial charge in [0.15, 0.2) is 5.43 Å². The zero-order valence-corrected chi connectivity index (χ0v) is 15.1. The van der Waals surface area contributed by atoms with Gasteiger partial charge in [0.2, 0.25) is 11.8 Å². The van der Waals surface area contributed by atoms with Crippen molar-refractivity contribution in [1.82, 2.24) is 4.98 Å². The van der Waals surface area contributed by atoms with Gasteiger partial charge >= 0.3 is 0 Å². The van der Waals surface area contributed by atoms with Gasteiger partial charge in [-0.15, -0.1) is 0 Å². The van der Waals surface area contributed by atoms with Crippen molar-refractivity contribution in [1.29, 1.82) is 0 Å². The average molecular weight is 375 g/mol. The SMILES string of the molecule is Cc1cc(=O)c2cc(NC(=O)c3ccc(N4C(=O)CCC4=O)cc3)ccc2[nH]1. The van der Waals surface area contributed by atoms with Crippen molar-refractivity contribution in [2.45, 2.75) is 19.8 Å². The van der Waals surface area contributed by atoms with E-state index in [9.17, 15) is 19.2 Å². The van der Waals surface area contributed by atoms with Crippen LogP contribution >= 0.6 is 0 Å². The topological polar surface area (TPSA) is 99.3 Å². The van der Waals surface area contributed by atoms with Crippen LogP contribution in [0.25, 0.3) is 10.9 Å². The highest BCUT2D eigenvalue weighted by Crippen LogP contribution is 2.23. The maximum atomic E-state index is 12.5. The summed E-state index contributed by atoms with van der Waals surface area (Å²) in [4.78, 5) is 52.5. The third-order valence-corrected chi connectivity index (χ3v) is 4.66. The van der Waals surface area contributed by atoms with E-state index in [1.54, 1.807) is 42.5 Å². The fraction of sp³-hybridized carbons (Fsp3) is 0.143. The number of nitrogens with one attached hydrogen (secondary N) is 2. The Morgan fingerprint density at radius 1 is 0.964 bits per heavy atom. The van der Waals surface area contributed by atoms with E-state index in [-0.39, 0.29) is 36.0 Å². The van der Waals surface area contributed by atoms with Gasteiger partial charge < -0.3 is 10.3 Å². The normalized spacial score (nSPS) is 14.0. The number of aromatic nitrogens is 1. The van der Waals surface area contributed by atoms with E-state index < -0.39 is 0 Å². The van der Waals surface area contributed by atoms with Crippen LogP contribution in [0.5, 0.6) is 0 Å². The van der Waals surface area contributed by atoms with Crippen LogP contribution in [0.15, 0.2) is 53.3 Å². The lowest BCUT2D eigenvalue weighted by Gasteiger charge is -2.14. The highest BCUT2D eigenvalue weighted by Gasteiger charge is 2.30. The Balaban J connectivity index is 1.55. The second-order valence-electron chi connectivity index (χ2n) is 6.70. The minimum absolute atomic E-state index is 0.119. The zero-order chi connectivity index (χ0) is 19.8. The molecule has 4 rings (SSSR count). The Kier molecular flexibility index (Phi) is 4.27. The fourth-order valence-electron chi connectivity index (χ4n) is 3.29. The lowest BCUT2D eigenvalue weighted by atomic mass is 10.1. The van der Waals surface area contributed by atoms with Crippen molar-refractivity contribution in [3.63, 3.8) is 0 Å². The van der Waals surface area contributed by atoms with Gasteiger partial charge in [-0.2, -0.15) is 0 Å². The molecule has 2 aromatic carbocycles. The van der Waals surface area contributed by atoms with E-state index in [0.717, 1.165) is 10.6 Å². The van der Waals surface area contributed by atoms with E-state index in [1.807, 2.05) is 6.92 Å². The predicted molar refractivity (Wildman–Crippen MR) is 105 cm³/mol. The second-order valence-corrected chi connectivity index (χ2v) is 6.70. The number of carbonyl (C=O) groups is 3. The van der Waals surface area contributed by atoms with Crippen LogP contribution < -0.4 is 15.6 Å². The van der Waals surface area contributed by atoms with Crippen LogP contribution in [0, 0.1) is 6.92 Å². The van der Waals surface area contributed by atoms with Gasteiger partial charge in [0.05, 0.1) is 5.69 Å². The molecule has 7 heteroatoms. The van der Waals surface area contributed by atoms with Crippen molar-refractivity contribution in [2.24, 2.45) is 0 Å². The number of anilines is 2. The maximum Gasteiger partial charge on any atom is 0.255 e. The summed E-state index contributed by atoms with van der Waals surface area (Å²) in [6.45, 7) is 1.81. The third kappa shape index (κ3) is 3.18. The van der Waals surface area contributed by atoms with E-state index in [1.165, 1.54) is 6.07 Å². The minimum atomic E-state index is -0.353. The minimum Gasteiger partial charge on any atom is -0.358 e. The van der Waals surface area contributed by atoms with Crippen molar-refractivity contribution in [2.75, 3.05) is 10.2 Å². The molecule has 0 unspecified atom stereocenters. The molecule has 3 aromatic rings. The van der Waals surface area contributed by atoms with Crippen molar-refractivity contribution in [3.05, 3.63) is 70.0 Å². The molecule has 1 saturated heterocycles. The Labute approximate surface area is 160 Å². The molecule has 28 heavy (non-hydrogen) atoms. The number of hydrogen-bond acceptors (Lipinski definition) is 4. The largest absolute Gasteiger partial charge is 0.358 e. The standard InChI is InChI=1S/C21H17N3O4/c1-12-10-18(25)16-11-14(4-7-17(16)22-12)23-21(28)13-2-5-15(6-3-13)24-19(26)8-9-20(24)27/h2-7,10-11H,8-9H2,1H3,(H,22,25)(H,23,28). The number of aromatic amines is 1. The molecule has 1 aromatic heterocycles. The Bertz CT molecular complexity index is 1160. The van der Waals surface area contributed by atoms with Crippen LogP contribution in [-0.2, 0) is 9.59 Å². The molecule has 0 atom stereocenters. The molecule has 1 aliphatic rings. The number of imide groups is 1. The predicted octanol–water partition coefficient (Wildman–Crippen LogP) is 2.74. The summed E-state index contributed by atoms with van der Waals surface area (Å²) in [5, 5.41) is 3.25. The molecule has 0 bridgehead atoms. The van der Waals surface area contributed by atoms with Gasteiger partial charge in [-0.25, -0.2) is 0 Å².